The molecule has 1 aliphatic rings. The Kier molecular flexibility index (Phi) is 8.93. The Morgan fingerprint density at radius 3 is 2.87 bits per heavy atom. The maximum absolute atomic E-state index is 5.78. The SMILES string of the molecule is CCNC(=NCC1CN(C)CCO1)N(C)Cc1cccn1C.I. The highest BCUT2D eigenvalue weighted by molar-refractivity contribution is 14.0. The average Bonchev–Trinajstić information content (AvgIpc) is 2.88. The normalized spacial score (nSPS) is 19.3. The Morgan fingerprint density at radius 1 is 1.48 bits per heavy atom. The number of ether oxygens (including phenoxy) is 1. The molecule has 1 fully saturated rings. The van der Waals surface area contributed by atoms with Crippen LogP contribution in [0.2, 0.25) is 0 Å². The van der Waals surface area contributed by atoms with E-state index in [4.69, 9.17) is 9.73 Å². The molecule has 23 heavy (non-hydrogen) atoms. The number of nitrogens with one attached hydrogen (secondary N) is 1. The van der Waals surface area contributed by atoms with E-state index in [0.717, 1.165) is 38.7 Å². The molecule has 132 valence electrons. The van der Waals surface area contributed by atoms with E-state index in [0.29, 0.717) is 6.54 Å². The summed E-state index contributed by atoms with van der Waals surface area (Å²) in [6, 6.07) is 4.21. The van der Waals surface area contributed by atoms with Gasteiger partial charge in [0.2, 0.25) is 0 Å². The van der Waals surface area contributed by atoms with Crippen molar-refractivity contribution in [3.8, 4) is 0 Å². The van der Waals surface area contributed by atoms with Crippen molar-refractivity contribution in [2.24, 2.45) is 12.0 Å². The van der Waals surface area contributed by atoms with Gasteiger partial charge in [-0.3, -0.25) is 4.99 Å². The molecule has 2 rings (SSSR count). The molecular formula is C16H30IN5O. The number of morpholine rings is 1. The van der Waals surface area contributed by atoms with Gasteiger partial charge in [-0.2, -0.15) is 0 Å². The molecule has 0 aromatic carbocycles. The summed E-state index contributed by atoms with van der Waals surface area (Å²) in [5, 5.41) is 3.36. The van der Waals surface area contributed by atoms with Gasteiger partial charge < -0.3 is 24.4 Å². The minimum Gasteiger partial charge on any atom is -0.374 e. The van der Waals surface area contributed by atoms with Crippen LogP contribution in [0.3, 0.4) is 0 Å². The first-order valence-electron chi connectivity index (χ1n) is 8.00. The summed E-state index contributed by atoms with van der Waals surface area (Å²) in [6.07, 6.45) is 2.26. The van der Waals surface area contributed by atoms with E-state index < -0.39 is 0 Å². The molecule has 0 bridgehead atoms. The van der Waals surface area contributed by atoms with Crippen molar-refractivity contribution in [3.63, 3.8) is 0 Å². The van der Waals surface area contributed by atoms with Crippen LogP contribution in [-0.2, 0) is 18.3 Å². The van der Waals surface area contributed by atoms with Crippen molar-refractivity contribution in [3.05, 3.63) is 24.0 Å². The van der Waals surface area contributed by atoms with E-state index in [1.807, 2.05) is 0 Å². The molecule has 2 heterocycles. The number of nitrogens with zero attached hydrogens (tertiary/aromatic N) is 4. The van der Waals surface area contributed by atoms with E-state index in [1.54, 1.807) is 0 Å². The molecule has 6 nitrogen and oxygen atoms in total. The highest BCUT2D eigenvalue weighted by atomic mass is 127. The lowest BCUT2D eigenvalue weighted by Gasteiger charge is -2.29. The quantitative estimate of drug-likeness (QED) is 0.431. The second-order valence-corrected chi connectivity index (χ2v) is 5.92. The van der Waals surface area contributed by atoms with Crippen LogP contribution in [0.15, 0.2) is 23.3 Å². The highest BCUT2D eigenvalue weighted by Gasteiger charge is 2.18. The average molecular weight is 435 g/mol. The maximum atomic E-state index is 5.78. The number of hydrogen-bond acceptors (Lipinski definition) is 3. The van der Waals surface area contributed by atoms with Crippen LogP contribution in [0.5, 0.6) is 0 Å². The zero-order valence-corrected chi connectivity index (χ0v) is 17.0. The molecule has 0 spiro atoms. The van der Waals surface area contributed by atoms with Crippen LogP contribution in [-0.4, -0.2) is 73.3 Å². The Balaban J connectivity index is 0.00000264. The number of rotatable bonds is 5. The number of aliphatic imine (C=N–C) groups is 1. The molecule has 0 radical (unpaired) electrons. The minimum atomic E-state index is 0. The van der Waals surface area contributed by atoms with Gasteiger partial charge >= 0.3 is 0 Å². The Hall–Kier alpha value is -0.800. The van der Waals surface area contributed by atoms with Gasteiger partial charge in [-0.25, -0.2) is 0 Å². The zero-order chi connectivity index (χ0) is 15.9. The third kappa shape index (κ3) is 6.31. The molecule has 0 saturated carbocycles. The topological polar surface area (TPSA) is 45.0 Å². The molecule has 1 aromatic rings. The number of likely N-dealkylation sites (N-methyl/N-ethyl adjacent to an activating group) is 1. The Labute approximate surface area is 156 Å². The van der Waals surface area contributed by atoms with Gasteiger partial charge in [0.1, 0.15) is 0 Å². The van der Waals surface area contributed by atoms with E-state index in [-0.39, 0.29) is 30.1 Å². The molecule has 1 aliphatic heterocycles. The summed E-state index contributed by atoms with van der Waals surface area (Å²) < 4.78 is 7.92. The van der Waals surface area contributed by atoms with Crippen molar-refractivity contribution in [1.82, 2.24) is 19.7 Å². The fraction of sp³-hybridized carbons (Fsp3) is 0.688. The van der Waals surface area contributed by atoms with Crippen molar-refractivity contribution in [1.29, 1.82) is 0 Å². The second kappa shape index (κ2) is 10.1. The molecule has 1 atom stereocenters. The largest absolute Gasteiger partial charge is 0.374 e. The molecule has 1 N–H and O–H groups in total. The van der Waals surface area contributed by atoms with Crippen LogP contribution in [0.25, 0.3) is 0 Å². The third-order valence-electron chi connectivity index (χ3n) is 3.93. The predicted octanol–water partition coefficient (Wildman–Crippen LogP) is 1.37. The number of halogens is 1. The van der Waals surface area contributed by atoms with E-state index in [2.05, 4.69) is 66.1 Å². The number of aryl methyl sites for hydroxylation is 1. The van der Waals surface area contributed by atoms with Gasteiger partial charge in [0, 0.05) is 45.6 Å². The van der Waals surface area contributed by atoms with Crippen molar-refractivity contribution in [2.45, 2.75) is 19.6 Å². The lowest BCUT2D eigenvalue weighted by atomic mass is 10.3. The van der Waals surface area contributed by atoms with E-state index in [9.17, 15) is 0 Å². The fourth-order valence-electron chi connectivity index (χ4n) is 2.61. The lowest BCUT2D eigenvalue weighted by molar-refractivity contribution is -0.0137. The monoisotopic (exact) mass is 435 g/mol. The van der Waals surface area contributed by atoms with E-state index in [1.165, 1.54) is 5.69 Å². The van der Waals surface area contributed by atoms with Crippen molar-refractivity contribution >= 4 is 29.9 Å². The third-order valence-corrected chi connectivity index (χ3v) is 3.93. The lowest BCUT2D eigenvalue weighted by Crippen LogP contribution is -2.43. The molecule has 1 unspecified atom stereocenters. The summed E-state index contributed by atoms with van der Waals surface area (Å²) in [4.78, 5) is 9.21. The first-order chi connectivity index (χ1) is 10.6. The van der Waals surface area contributed by atoms with Gasteiger partial charge in [0.05, 0.1) is 25.8 Å². The Bertz CT molecular complexity index is 491. The molecule has 1 aromatic heterocycles. The van der Waals surface area contributed by atoms with Crippen molar-refractivity contribution in [2.75, 3.05) is 46.9 Å². The Morgan fingerprint density at radius 2 is 2.26 bits per heavy atom. The summed E-state index contributed by atoms with van der Waals surface area (Å²) in [7, 11) is 6.27. The molecular weight excluding hydrogens is 405 g/mol. The number of hydrogen-bond donors (Lipinski definition) is 1. The fourth-order valence-corrected chi connectivity index (χ4v) is 2.61. The zero-order valence-electron chi connectivity index (χ0n) is 14.7. The predicted molar refractivity (Wildman–Crippen MR) is 106 cm³/mol. The number of aromatic nitrogens is 1. The van der Waals surface area contributed by atoms with Crippen LogP contribution < -0.4 is 5.32 Å². The number of guanidine groups is 1. The van der Waals surface area contributed by atoms with Gasteiger partial charge in [-0.1, -0.05) is 0 Å². The summed E-state index contributed by atoms with van der Waals surface area (Å²) in [6.45, 7) is 7.24. The molecule has 7 heteroatoms. The van der Waals surface area contributed by atoms with Crippen LogP contribution in [0, 0.1) is 0 Å². The summed E-state index contributed by atoms with van der Waals surface area (Å²) in [5.41, 5.74) is 1.27. The smallest absolute Gasteiger partial charge is 0.194 e. The first kappa shape index (κ1) is 20.2. The van der Waals surface area contributed by atoms with Gasteiger partial charge in [-0.15, -0.1) is 24.0 Å². The van der Waals surface area contributed by atoms with Gasteiger partial charge in [0.15, 0.2) is 5.96 Å². The summed E-state index contributed by atoms with van der Waals surface area (Å²) >= 11 is 0. The van der Waals surface area contributed by atoms with Crippen molar-refractivity contribution < 1.29 is 4.74 Å². The first-order valence-corrected chi connectivity index (χ1v) is 8.00. The van der Waals surface area contributed by atoms with Crippen LogP contribution >= 0.6 is 24.0 Å². The van der Waals surface area contributed by atoms with Crippen LogP contribution in [0.4, 0.5) is 0 Å². The van der Waals surface area contributed by atoms with E-state index >= 15 is 0 Å². The van der Waals surface area contributed by atoms with Gasteiger partial charge in [-0.05, 0) is 26.1 Å². The summed E-state index contributed by atoms with van der Waals surface area (Å²) in [5.74, 6) is 0.931. The molecule has 0 aliphatic carbocycles. The molecule has 0 amide bonds. The maximum Gasteiger partial charge on any atom is 0.194 e. The van der Waals surface area contributed by atoms with Gasteiger partial charge in [0.25, 0.3) is 0 Å². The highest BCUT2D eigenvalue weighted by Crippen LogP contribution is 2.06. The van der Waals surface area contributed by atoms with Crippen LogP contribution in [0.1, 0.15) is 12.6 Å². The molecule has 1 saturated heterocycles. The minimum absolute atomic E-state index is 0. The standard InChI is InChI=1S/C16H29N5O.HI/c1-5-17-16(18-11-15-13-19(2)9-10-22-15)21(4)12-14-7-6-8-20(14)3;/h6-8,15H,5,9-13H2,1-4H3,(H,17,18);1H. The second-order valence-electron chi connectivity index (χ2n) is 5.92.